The molecule has 2 aromatic rings. The van der Waals surface area contributed by atoms with Crippen LogP contribution in [0.1, 0.15) is 12.6 Å². The van der Waals surface area contributed by atoms with Crippen LogP contribution in [0.4, 0.5) is 24.5 Å². The van der Waals surface area contributed by atoms with E-state index in [1.807, 2.05) is 4.72 Å². The van der Waals surface area contributed by atoms with E-state index in [9.17, 15) is 26.4 Å². The van der Waals surface area contributed by atoms with Gasteiger partial charge in [0.2, 0.25) is 5.91 Å². The van der Waals surface area contributed by atoms with E-state index in [4.69, 9.17) is 11.6 Å². The number of amides is 1. The van der Waals surface area contributed by atoms with E-state index >= 15 is 0 Å². The summed E-state index contributed by atoms with van der Waals surface area (Å²) in [6.45, 7) is 1.29. The fourth-order valence-corrected chi connectivity index (χ4v) is 3.08. The lowest BCUT2D eigenvalue weighted by Crippen LogP contribution is -2.15. The SMILES string of the molecule is CC(=O)Nc1ccc(S(=O)(=O)Nc2cc(Cl)nc(C(F)(F)F)c2)cc1. The maximum atomic E-state index is 12.7. The molecule has 134 valence electrons. The first kappa shape index (κ1) is 19.0. The minimum atomic E-state index is -4.77. The first-order chi connectivity index (χ1) is 11.5. The molecule has 25 heavy (non-hydrogen) atoms. The average Bonchev–Trinajstić information content (AvgIpc) is 2.45. The van der Waals surface area contributed by atoms with Gasteiger partial charge in [-0.05, 0) is 36.4 Å². The summed E-state index contributed by atoms with van der Waals surface area (Å²) in [4.78, 5) is 13.8. The largest absolute Gasteiger partial charge is 0.433 e. The van der Waals surface area contributed by atoms with Crippen molar-refractivity contribution < 1.29 is 26.4 Å². The van der Waals surface area contributed by atoms with E-state index in [1.165, 1.54) is 31.2 Å². The summed E-state index contributed by atoms with van der Waals surface area (Å²) in [7, 11) is -4.15. The van der Waals surface area contributed by atoms with E-state index in [2.05, 4.69) is 10.3 Å². The van der Waals surface area contributed by atoms with Crippen molar-refractivity contribution in [2.45, 2.75) is 18.0 Å². The maximum Gasteiger partial charge on any atom is 0.433 e. The summed E-state index contributed by atoms with van der Waals surface area (Å²) in [6, 6.07) is 6.57. The number of anilines is 2. The van der Waals surface area contributed by atoms with Crippen LogP contribution in [0.25, 0.3) is 0 Å². The molecule has 0 radical (unpaired) electrons. The molecule has 0 saturated carbocycles. The molecule has 0 atom stereocenters. The highest BCUT2D eigenvalue weighted by Crippen LogP contribution is 2.31. The van der Waals surface area contributed by atoms with Crippen molar-refractivity contribution in [3.05, 3.63) is 47.2 Å². The number of alkyl halides is 3. The van der Waals surface area contributed by atoms with Crippen LogP contribution >= 0.6 is 11.6 Å². The molecule has 0 aliphatic rings. The Bertz CT molecular complexity index is 900. The second kappa shape index (κ2) is 6.89. The molecule has 0 spiro atoms. The number of hydrogen-bond donors (Lipinski definition) is 2. The van der Waals surface area contributed by atoms with E-state index in [0.717, 1.165) is 6.07 Å². The lowest BCUT2D eigenvalue weighted by molar-refractivity contribution is -0.141. The Balaban J connectivity index is 2.30. The summed E-state index contributed by atoms with van der Waals surface area (Å²) in [5, 5.41) is 1.95. The monoisotopic (exact) mass is 393 g/mol. The summed E-state index contributed by atoms with van der Waals surface area (Å²) in [5.41, 5.74) is -1.32. The van der Waals surface area contributed by atoms with Gasteiger partial charge in [-0.1, -0.05) is 11.6 Å². The van der Waals surface area contributed by atoms with Crippen LogP contribution < -0.4 is 10.0 Å². The van der Waals surface area contributed by atoms with E-state index in [-0.39, 0.29) is 16.5 Å². The van der Waals surface area contributed by atoms with Gasteiger partial charge in [-0.15, -0.1) is 0 Å². The fourth-order valence-electron chi connectivity index (χ4n) is 1.84. The van der Waals surface area contributed by atoms with Crippen LogP contribution in [-0.4, -0.2) is 19.3 Å². The standard InChI is InChI=1S/C14H11ClF3N3O3S/c1-8(22)19-9-2-4-11(5-3-9)25(23,24)21-10-6-12(14(16,17)18)20-13(15)7-10/h2-7H,1H3,(H,19,22)(H,20,21). The zero-order valence-corrected chi connectivity index (χ0v) is 14.1. The predicted octanol–water partition coefficient (Wildman–Crippen LogP) is 3.51. The molecule has 0 fully saturated rings. The second-order valence-corrected chi connectivity index (χ2v) is 6.94. The normalized spacial score (nSPS) is 11.9. The van der Waals surface area contributed by atoms with Crippen molar-refractivity contribution in [3.8, 4) is 0 Å². The van der Waals surface area contributed by atoms with Gasteiger partial charge < -0.3 is 5.32 Å². The van der Waals surface area contributed by atoms with Gasteiger partial charge in [0, 0.05) is 12.6 Å². The van der Waals surface area contributed by atoms with Crippen LogP contribution in [-0.2, 0) is 21.0 Å². The molecule has 1 heterocycles. The van der Waals surface area contributed by atoms with Gasteiger partial charge in [-0.2, -0.15) is 13.2 Å². The molecule has 2 rings (SSSR count). The third-order valence-electron chi connectivity index (χ3n) is 2.82. The lowest BCUT2D eigenvalue weighted by Gasteiger charge is -2.12. The molecule has 0 aliphatic carbocycles. The Morgan fingerprint density at radius 1 is 1.12 bits per heavy atom. The Morgan fingerprint density at radius 3 is 2.24 bits per heavy atom. The van der Waals surface area contributed by atoms with Crippen molar-refractivity contribution in [3.63, 3.8) is 0 Å². The second-order valence-electron chi connectivity index (χ2n) is 4.87. The quantitative estimate of drug-likeness (QED) is 0.778. The summed E-state index contributed by atoms with van der Waals surface area (Å²) in [6.07, 6.45) is -4.77. The van der Waals surface area contributed by atoms with Gasteiger partial charge in [-0.25, -0.2) is 13.4 Å². The van der Waals surface area contributed by atoms with E-state index in [1.54, 1.807) is 0 Å². The van der Waals surface area contributed by atoms with Crippen molar-refractivity contribution >= 4 is 38.9 Å². The molecule has 0 bridgehead atoms. The number of aromatic nitrogens is 1. The van der Waals surface area contributed by atoms with Gasteiger partial charge >= 0.3 is 6.18 Å². The van der Waals surface area contributed by atoms with Gasteiger partial charge in [-0.3, -0.25) is 9.52 Å². The number of rotatable bonds is 4. The number of hydrogen-bond acceptors (Lipinski definition) is 4. The maximum absolute atomic E-state index is 12.7. The molecule has 11 heteroatoms. The van der Waals surface area contributed by atoms with E-state index in [0.29, 0.717) is 11.8 Å². The first-order valence-electron chi connectivity index (χ1n) is 6.62. The minimum absolute atomic E-state index is 0.205. The van der Waals surface area contributed by atoms with Crippen molar-refractivity contribution in [1.82, 2.24) is 4.98 Å². The molecule has 2 N–H and O–H groups in total. The molecule has 1 amide bonds. The molecule has 6 nitrogen and oxygen atoms in total. The van der Waals surface area contributed by atoms with Crippen molar-refractivity contribution in [1.29, 1.82) is 0 Å². The highest BCUT2D eigenvalue weighted by atomic mass is 35.5. The number of sulfonamides is 1. The summed E-state index contributed by atoms with van der Waals surface area (Å²) < 4.78 is 64.7. The minimum Gasteiger partial charge on any atom is -0.326 e. The highest BCUT2D eigenvalue weighted by molar-refractivity contribution is 7.92. The fraction of sp³-hybridized carbons (Fsp3) is 0.143. The van der Waals surface area contributed by atoms with Gasteiger partial charge in [0.05, 0.1) is 10.6 Å². The van der Waals surface area contributed by atoms with E-state index < -0.39 is 27.0 Å². The Hall–Kier alpha value is -2.33. The molecule has 1 aromatic heterocycles. The number of nitrogens with zero attached hydrogens (tertiary/aromatic N) is 1. The Morgan fingerprint density at radius 2 is 1.72 bits per heavy atom. The van der Waals surface area contributed by atoms with Crippen LogP contribution in [0.15, 0.2) is 41.3 Å². The third-order valence-corrected chi connectivity index (χ3v) is 4.41. The number of benzene rings is 1. The van der Waals surface area contributed by atoms with Crippen molar-refractivity contribution in [2.75, 3.05) is 10.0 Å². The predicted molar refractivity (Wildman–Crippen MR) is 85.8 cm³/mol. The molecule has 0 unspecified atom stereocenters. The van der Waals surface area contributed by atoms with Gasteiger partial charge in [0.1, 0.15) is 10.8 Å². The lowest BCUT2D eigenvalue weighted by atomic mass is 10.3. The Kier molecular flexibility index (Phi) is 5.23. The zero-order chi connectivity index (χ0) is 18.8. The van der Waals surface area contributed by atoms with Crippen LogP contribution in [0.3, 0.4) is 0 Å². The number of halogens is 4. The first-order valence-corrected chi connectivity index (χ1v) is 8.49. The molecular weight excluding hydrogens is 383 g/mol. The summed E-state index contributed by atoms with van der Waals surface area (Å²) >= 11 is 5.51. The molecular formula is C14H11ClF3N3O3S. The van der Waals surface area contributed by atoms with Crippen molar-refractivity contribution in [2.24, 2.45) is 0 Å². The van der Waals surface area contributed by atoms with Crippen LogP contribution in [0.5, 0.6) is 0 Å². The molecule has 0 saturated heterocycles. The summed E-state index contributed by atoms with van der Waals surface area (Å²) in [5.74, 6) is -0.333. The van der Waals surface area contributed by atoms with Crippen LogP contribution in [0.2, 0.25) is 5.15 Å². The number of nitrogens with one attached hydrogen (secondary N) is 2. The zero-order valence-electron chi connectivity index (χ0n) is 12.6. The number of carbonyl (C=O) groups excluding carboxylic acids is 1. The van der Waals surface area contributed by atoms with Gasteiger partial charge in [0.15, 0.2) is 0 Å². The van der Waals surface area contributed by atoms with Crippen LogP contribution in [0, 0.1) is 0 Å². The smallest absolute Gasteiger partial charge is 0.326 e. The number of pyridine rings is 1. The topological polar surface area (TPSA) is 88.2 Å². The average molecular weight is 394 g/mol. The van der Waals surface area contributed by atoms with Gasteiger partial charge in [0.25, 0.3) is 10.0 Å². The Labute approximate surface area is 146 Å². The molecule has 0 aliphatic heterocycles. The molecule has 1 aromatic carbocycles. The third kappa shape index (κ3) is 5.07. The highest BCUT2D eigenvalue weighted by Gasteiger charge is 2.33. The number of carbonyl (C=O) groups is 1.